The number of carbonyl (C=O) groups excluding carboxylic acids is 1. The van der Waals surface area contributed by atoms with Crippen LogP contribution in [0.4, 0.5) is 11.4 Å². The average Bonchev–Trinajstić information content (AvgIpc) is 2.35. The molecule has 0 spiro atoms. The van der Waals surface area contributed by atoms with E-state index < -0.39 is 0 Å². The molecule has 1 unspecified atom stereocenters. The van der Waals surface area contributed by atoms with Crippen molar-refractivity contribution in [3.8, 4) is 0 Å². The molecule has 88 valence electrons. The minimum Gasteiger partial charge on any atom is -0.386 e. The highest BCUT2D eigenvalue weighted by Crippen LogP contribution is 2.29. The molecule has 1 atom stereocenters. The molecule has 0 radical (unpaired) electrons. The minimum atomic E-state index is 0.518. The maximum atomic E-state index is 10.8. The Hall–Kier alpha value is -1.51. The lowest BCUT2D eigenvalue weighted by Crippen LogP contribution is -2.15. The van der Waals surface area contributed by atoms with Crippen molar-refractivity contribution < 1.29 is 4.79 Å². The van der Waals surface area contributed by atoms with Gasteiger partial charge in [-0.3, -0.25) is 4.79 Å². The predicted molar refractivity (Wildman–Crippen MR) is 69.2 cm³/mol. The molecule has 3 heteroatoms. The third-order valence-electron chi connectivity index (χ3n) is 3.01. The number of rotatable bonds is 5. The summed E-state index contributed by atoms with van der Waals surface area (Å²) >= 11 is 0. The molecule has 0 aromatic heterocycles. The van der Waals surface area contributed by atoms with Gasteiger partial charge < -0.3 is 10.2 Å². The average molecular weight is 220 g/mol. The van der Waals surface area contributed by atoms with Gasteiger partial charge in [0.25, 0.3) is 0 Å². The Labute approximate surface area is 97.5 Å². The smallest absolute Gasteiger partial charge is 0.213 e. The van der Waals surface area contributed by atoms with Gasteiger partial charge in [-0.15, -0.1) is 0 Å². The maximum Gasteiger partial charge on any atom is 0.213 e. The largest absolute Gasteiger partial charge is 0.386 e. The van der Waals surface area contributed by atoms with Crippen LogP contribution in [0, 0.1) is 0 Å². The summed E-state index contributed by atoms with van der Waals surface area (Å²) in [6.07, 6.45) is 1.93. The highest BCUT2D eigenvalue weighted by molar-refractivity contribution is 5.83. The minimum absolute atomic E-state index is 0.518. The molecule has 1 N–H and O–H groups in total. The molecule has 0 bridgehead atoms. The quantitative estimate of drug-likeness (QED) is 0.774. The number of nitrogens with one attached hydrogen (secondary N) is 1. The highest BCUT2D eigenvalue weighted by Gasteiger charge is 2.09. The van der Waals surface area contributed by atoms with Gasteiger partial charge in [0.1, 0.15) is 0 Å². The fourth-order valence-corrected chi connectivity index (χ4v) is 1.65. The van der Waals surface area contributed by atoms with Crippen molar-refractivity contribution in [3.63, 3.8) is 0 Å². The van der Waals surface area contributed by atoms with Crippen LogP contribution in [0.25, 0.3) is 0 Å². The summed E-state index contributed by atoms with van der Waals surface area (Å²) in [5.41, 5.74) is 3.17. The van der Waals surface area contributed by atoms with Gasteiger partial charge in [0, 0.05) is 14.1 Å². The van der Waals surface area contributed by atoms with E-state index in [9.17, 15) is 4.79 Å². The van der Waals surface area contributed by atoms with Crippen molar-refractivity contribution in [2.24, 2.45) is 0 Å². The van der Waals surface area contributed by atoms with Crippen LogP contribution in [0.2, 0.25) is 0 Å². The van der Waals surface area contributed by atoms with Crippen molar-refractivity contribution in [2.45, 2.75) is 26.2 Å². The second-order valence-electron chi connectivity index (χ2n) is 4.05. The number of hydrogen-bond donors (Lipinski definition) is 1. The van der Waals surface area contributed by atoms with E-state index in [1.807, 2.05) is 13.1 Å². The number of hydrogen-bond acceptors (Lipinski definition) is 2. The Morgan fingerprint density at radius 3 is 2.69 bits per heavy atom. The van der Waals surface area contributed by atoms with Gasteiger partial charge in [-0.1, -0.05) is 19.9 Å². The number of nitrogens with zero attached hydrogens (tertiary/aromatic N) is 1. The molecule has 0 fully saturated rings. The van der Waals surface area contributed by atoms with Gasteiger partial charge in [0.2, 0.25) is 6.41 Å². The van der Waals surface area contributed by atoms with E-state index in [2.05, 4.69) is 31.3 Å². The first-order chi connectivity index (χ1) is 7.63. The Morgan fingerprint density at radius 1 is 1.50 bits per heavy atom. The van der Waals surface area contributed by atoms with E-state index in [1.165, 1.54) is 5.56 Å². The van der Waals surface area contributed by atoms with Crippen LogP contribution < -0.4 is 10.2 Å². The second kappa shape index (κ2) is 5.54. The Morgan fingerprint density at radius 2 is 2.19 bits per heavy atom. The summed E-state index contributed by atoms with van der Waals surface area (Å²) in [6.45, 7) is 4.36. The number of carbonyl (C=O) groups is 1. The van der Waals surface area contributed by atoms with Crippen LogP contribution in [-0.2, 0) is 4.79 Å². The predicted octanol–water partition coefficient (Wildman–Crippen LogP) is 2.83. The summed E-state index contributed by atoms with van der Waals surface area (Å²) in [5, 5.41) is 3.09. The summed E-state index contributed by atoms with van der Waals surface area (Å²) in [6, 6.07) is 6.22. The van der Waals surface area contributed by atoms with Gasteiger partial charge in [-0.05, 0) is 30.0 Å². The lowest BCUT2D eigenvalue weighted by Gasteiger charge is -2.19. The number of amides is 1. The molecule has 1 rings (SSSR count). The Balaban J connectivity index is 3.15. The normalized spacial score (nSPS) is 12.0. The van der Waals surface area contributed by atoms with E-state index >= 15 is 0 Å². The summed E-state index contributed by atoms with van der Waals surface area (Å²) in [5.74, 6) is 0.518. The van der Waals surface area contributed by atoms with Gasteiger partial charge in [0.15, 0.2) is 0 Å². The molecule has 0 saturated heterocycles. The zero-order valence-corrected chi connectivity index (χ0v) is 10.4. The van der Waals surface area contributed by atoms with Crippen LogP contribution >= 0.6 is 0 Å². The lowest BCUT2D eigenvalue weighted by atomic mass is 9.97. The van der Waals surface area contributed by atoms with Crippen LogP contribution in [0.1, 0.15) is 31.7 Å². The van der Waals surface area contributed by atoms with Crippen LogP contribution in [0.15, 0.2) is 18.2 Å². The number of benzene rings is 1. The molecule has 0 saturated carbocycles. The van der Waals surface area contributed by atoms with Gasteiger partial charge in [-0.25, -0.2) is 0 Å². The first-order valence-corrected chi connectivity index (χ1v) is 5.63. The van der Waals surface area contributed by atoms with E-state index in [-0.39, 0.29) is 0 Å². The molecule has 0 aliphatic heterocycles. The van der Waals surface area contributed by atoms with Crippen molar-refractivity contribution >= 4 is 17.8 Å². The monoisotopic (exact) mass is 220 g/mol. The summed E-state index contributed by atoms with van der Waals surface area (Å²) < 4.78 is 0. The van der Waals surface area contributed by atoms with E-state index in [0.29, 0.717) is 5.92 Å². The van der Waals surface area contributed by atoms with Crippen molar-refractivity contribution in [3.05, 3.63) is 23.8 Å². The lowest BCUT2D eigenvalue weighted by molar-refractivity contribution is -0.107. The zero-order chi connectivity index (χ0) is 12.1. The fourth-order valence-electron chi connectivity index (χ4n) is 1.65. The first-order valence-electron chi connectivity index (χ1n) is 5.63. The molecule has 3 nitrogen and oxygen atoms in total. The van der Waals surface area contributed by atoms with Crippen molar-refractivity contribution in [1.29, 1.82) is 0 Å². The van der Waals surface area contributed by atoms with E-state index in [0.717, 1.165) is 24.2 Å². The van der Waals surface area contributed by atoms with Crippen LogP contribution in [0.3, 0.4) is 0 Å². The van der Waals surface area contributed by atoms with Gasteiger partial charge >= 0.3 is 0 Å². The Bertz CT molecular complexity index is 363. The van der Waals surface area contributed by atoms with Crippen molar-refractivity contribution in [1.82, 2.24) is 0 Å². The molecule has 16 heavy (non-hydrogen) atoms. The molecule has 0 aliphatic rings. The first kappa shape index (κ1) is 12.6. The molecule has 1 aromatic rings. The molecule has 0 heterocycles. The summed E-state index contributed by atoms with van der Waals surface area (Å²) in [7, 11) is 3.63. The topological polar surface area (TPSA) is 32.3 Å². The van der Waals surface area contributed by atoms with Gasteiger partial charge in [0.05, 0.1) is 11.4 Å². The second-order valence-corrected chi connectivity index (χ2v) is 4.05. The SMILES string of the molecule is CCC(C)c1ccc(NC)c(N(C)C=O)c1. The van der Waals surface area contributed by atoms with Crippen LogP contribution in [0.5, 0.6) is 0 Å². The molecule has 0 aliphatic carbocycles. The van der Waals surface area contributed by atoms with Crippen LogP contribution in [-0.4, -0.2) is 20.5 Å². The van der Waals surface area contributed by atoms with E-state index in [4.69, 9.17) is 0 Å². The highest BCUT2D eigenvalue weighted by atomic mass is 16.1. The maximum absolute atomic E-state index is 10.8. The Kier molecular flexibility index (Phi) is 4.35. The molecule has 1 amide bonds. The van der Waals surface area contributed by atoms with Crippen molar-refractivity contribution in [2.75, 3.05) is 24.3 Å². The third-order valence-corrected chi connectivity index (χ3v) is 3.01. The molecule has 1 aromatic carbocycles. The van der Waals surface area contributed by atoms with Gasteiger partial charge in [-0.2, -0.15) is 0 Å². The standard InChI is InChI=1S/C13H20N2O/c1-5-10(2)11-6-7-12(14-3)13(8-11)15(4)9-16/h6-10,14H,5H2,1-4H3. The fraction of sp³-hybridized carbons (Fsp3) is 0.462. The third kappa shape index (κ3) is 2.54. The molecular formula is C13H20N2O. The summed E-state index contributed by atoms with van der Waals surface area (Å²) in [4.78, 5) is 12.4. The number of anilines is 2. The van der Waals surface area contributed by atoms with E-state index in [1.54, 1.807) is 11.9 Å². The molecular weight excluding hydrogens is 200 g/mol. The zero-order valence-electron chi connectivity index (χ0n) is 10.4.